The van der Waals surface area contributed by atoms with Crippen molar-refractivity contribution in [2.75, 3.05) is 52.5 Å². The largest absolute Gasteiger partial charge is 0.459 e. The number of nitrogens with zero attached hydrogens (tertiary/aromatic N) is 2. The zero-order chi connectivity index (χ0) is 39.4. The first-order chi connectivity index (χ1) is 26.0. The minimum atomic E-state index is -1.61. The van der Waals surface area contributed by atoms with Gasteiger partial charge < -0.3 is 24.6 Å². The first kappa shape index (κ1) is 45.7. The van der Waals surface area contributed by atoms with E-state index in [-0.39, 0.29) is 25.0 Å². The Morgan fingerprint density at radius 3 is 1.50 bits per heavy atom. The third-order valence-electron chi connectivity index (χ3n) is 11.0. The van der Waals surface area contributed by atoms with Gasteiger partial charge in [0.1, 0.15) is 13.2 Å². The summed E-state index contributed by atoms with van der Waals surface area (Å²) in [5.41, 5.74) is -2.00. The van der Waals surface area contributed by atoms with Crippen LogP contribution in [0, 0.1) is 11.8 Å². The van der Waals surface area contributed by atoms with Crippen LogP contribution in [-0.2, 0) is 30.3 Å². The molecule has 0 spiro atoms. The van der Waals surface area contributed by atoms with Crippen LogP contribution < -0.4 is 0 Å². The summed E-state index contributed by atoms with van der Waals surface area (Å²) in [5.74, 6) is -1.42. The summed E-state index contributed by atoms with van der Waals surface area (Å²) in [7, 11) is 0. The van der Waals surface area contributed by atoms with Gasteiger partial charge in [0.25, 0.3) is 0 Å². The molecule has 2 fully saturated rings. The highest BCUT2D eigenvalue weighted by molar-refractivity contribution is 6.30. The van der Waals surface area contributed by atoms with Gasteiger partial charge in [0.05, 0.1) is 5.03 Å². The first-order valence-corrected chi connectivity index (χ1v) is 20.8. The molecule has 54 heavy (non-hydrogen) atoms. The Hall–Kier alpha value is -2.72. The third kappa shape index (κ3) is 13.2. The monoisotopic (exact) mass is 786 g/mol. The van der Waals surface area contributed by atoms with Crippen molar-refractivity contribution < 1.29 is 29.3 Å². The molecule has 0 aliphatic heterocycles. The van der Waals surface area contributed by atoms with Gasteiger partial charge in [0.15, 0.2) is 11.2 Å². The van der Waals surface area contributed by atoms with Gasteiger partial charge in [-0.2, -0.15) is 0 Å². The molecule has 0 saturated heterocycles. The van der Waals surface area contributed by atoms with Crippen molar-refractivity contribution in [3.8, 4) is 0 Å². The summed E-state index contributed by atoms with van der Waals surface area (Å²) in [4.78, 5) is 30.3. The highest BCUT2D eigenvalue weighted by Crippen LogP contribution is 2.41. The number of hydrogen-bond acceptors (Lipinski definition) is 8. The highest BCUT2D eigenvalue weighted by atomic mass is 35.5. The number of hydrogen-bond donors (Lipinski definition) is 2. The van der Waals surface area contributed by atoms with Crippen molar-refractivity contribution in [1.29, 1.82) is 0 Å². The fraction of sp³-hybridized carbons (Fsp3) is 0.591. The van der Waals surface area contributed by atoms with Crippen molar-refractivity contribution in [2.24, 2.45) is 11.8 Å². The summed E-state index contributed by atoms with van der Waals surface area (Å²) in [6.45, 7) is 13.5. The van der Waals surface area contributed by atoms with Crippen LogP contribution >= 0.6 is 23.2 Å². The van der Waals surface area contributed by atoms with Crippen molar-refractivity contribution in [2.45, 2.75) is 103 Å². The molecular formula is C44H64Cl2N2O6. The minimum absolute atomic E-state index is 0.0104. The molecule has 10 heteroatoms. The minimum Gasteiger partial charge on any atom is -0.459 e. The average Bonchev–Trinajstić information content (AvgIpc) is 3.23. The lowest BCUT2D eigenvalue weighted by atomic mass is 9.73. The predicted molar refractivity (Wildman–Crippen MR) is 219 cm³/mol. The molecule has 2 atom stereocenters. The molecule has 0 radical (unpaired) electrons. The van der Waals surface area contributed by atoms with E-state index in [1.165, 1.54) is 0 Å². The Balaban J connectivity index is 0.000000290. The molecule has 0 bridgehead atoms. The second-order valence-electron chi connectivity index (χ2n) is 14.4. The van der Waals surface area contributed by atoms with Crippen LogP contribution in [0.3, 0.4) is 0 Å². The molecule has 0 aromatic heterocycles. The Morgan fingerprint density at radius 2 is 1.07 bits per heavy atom. The van der Waals surface area contributed by atoms with E-state index in [1.54, 1.807) is 30.3 Å². The van der Waals surface area contributed by atoms with Gasteiger partial charge in [-0.1, -0.05) is 156 Å². The molecule has 2 saturated carbocycles. The maximum Gasteiger partial charge on any atom is 0.343 e. The van der Waals surface area contributed by atoms with Gasteiger partial charge in [0, 0.05) is 30.0 Å². The average molecular weight is 788 g/mol. The lowest BCUT2D eigenvalue weighted by Crippen LogP contribution is -2.45. The second-order valence-corrected chi connectivity index (χ2v) is 15.3. The zero-order valence-corrected chi connectivity index (χ0v) is 34.5. The molecule has 0 heterocycles. The quantitative estimate of drug-likeness (QED) is 0.145. The standard InChI is InChI=1S/2C22H32ClNO3/c1-3-24(4-2)17-20(23)15-16-27-21(25)22(26,18-11-7-5-8-12-18)19-13-9-6-10-14-19;1-3-24(4-2)16-15-20(23)17-27-21(25)22(26,18-11-7-5-8-12-18)19-13-9-6-10-14-19/h2*5,7-8,11-12,15,19,26H,3-4,6,9-10,13-14,16-17H2,1-2H3/b2*20-15-. The molecule has 0 amide bonds. The fourth-order valence-electron chi connectivity index (χ4n) is 7.52. The van der Waals surface area contributed by atoms with Gasteiger partial charge in [-0.25, -0.2) is 9.59 Å². The summed E-state index contributed by atoms with van der Waals surface area (Å²) < 4.78 is 10.9. The van der Waals surface area contributed by atoms with Crippen molar-refractivity contribution in [1.82, 2.24) is 9.80 Å². The van der Waals surface area contributed by atoms with Gasteiger partial charge >= 0.3 is 11.9 Å². The molecule has 8 nitrogen and oxygen atoms in total. The molecule has 2 aromatic carbocycles. The Labute approximate surface area is 334 Å². The van der Waals surface area contributed by atoms with E-state index in [2.05, 4.69) is 37.5 Å². The van der Waals surface area contributed by atoms with Crippen LogP contribution in [0.1, 0.15) is 103 Å². The summed E-state index contributed by atoms with van der Waals surface area (Å²) in [6, 6.07) is 18.3. The topological polar surface area (TPSA) is 99.5 Å². The van der Waals surface area contributed by atoms with E-state index in [4.69, 9.17) is 32.7 Å². The lowest BCUT2D eigenvalue weighted by molar-refractivity contribution is -0.174. The van der Waals surface area contributed by atoms with E-state index >= 15 is 0 Å². The summed E-state index contributed by atoms with van der Waals surface area (Å²) in [6.07, 6.45) is 13.3. The van der Waals surface area contributed by atoms with Crippen LogP contribution in [0.5, 0.6) is 0 Å². The lowest BCUT2D eigenvalue weighted by Gasteiger charge is -2.36. The number of ether oxygens (including phenoxy) is 2. The number of benzene rings is 2. The zero-order valence-electron chi connectivity index (χ0n) is 33.0. The molecular weight excluding hydrogens is 723 g/mol. The number of esters is 2. The Kier molecular flexibility index (Phi) is 20.3. The van der Waals surface area contributed by atoms with Crippen LogP contribution in [0.25, 0.3) is 0 Å². The van der Waals surface area contributed by atoms with Gasteiger partial charge in [-0.05, 0) is 69.1 Å². The molecule has 300 valence electrons. The van der Waals surface area contributed by atoms with Crippen LogP contribution in [0.2, 0.25) is 0 Å². The first-order valence-electron chi connectivity index (χ1n) is 20.1. The maximum absolute atomic E-state index is 13.0. The van der Waals surface area contributed by atoms with Crippen LogP contribution in [0.4, 0.5) is 0 Å². The van der Waals surface area contributed by atoms with Crippen molar-refractivity contribution in [3.63, 3.8) is 0 Å². The van der Waals surface area contributed by atoms with E-state index in [1.807, 2.05) is 42.5 Å². The number of aliphatic hydroxyl groups is 2. The Morgan fingerprint density at radius 1 is 0.648 bits per heavy atom. The number of carbonyl (C=O) groups is 2. The van der Waals surface area contributed by atoms with Crippen molar-refractivity contribution >= 4 is 35.1 Å². The second kappa shape index (κ2) is 24.0. The van der Waals surface area contributed by atoms with Gasteiger partial charge in [0.2, 0.25) is 0 Å². The number of carbonyl (C=O) groups excluding carboxylic acids is 2. The summed E-state index contributed by atoms with van der Waals surface area (Å²) in [5, 5.41) is 24.0. The number of likely N-dealkylation sites (N-methyl/N-ethyl adjacent to an activating group) is 2. The van der Waals surface area contributed by atoms with E-state index in [0.29, 0.717) is 27.7 Å². The highest BCUT2D eigenvalue weighted by Gasteiger charge is 2.48. The molecule has 2 aliphatic carbocycles. The number of halogens is 2. The van der Waals surface area contributed by atoms with Crippen LogP contribution in [-0.4, -0.2) is 84.4 Å². The van der Waals surface area contributed by atoms with Crippen molar-refractivity contribution in [3.05, 3.63) is 94.0 Å². The van der Waals surface area contributed by atoms with E-state index < -0.39 is 23.1 Å². The predicted octanol–water partition coefficient (Wildman–Crippen LogP) is 8.92. The molecule has 2 aromatic rings. The molecule has 2 N–H and O–H groups in total. The number of rotatable bonds is 18. The normalized spacial score (nSPS) is 18.3. The van der Waals surface area contributed by atoms with Gasteiger partial charge in [-0.3, -0.25) is 4.90 Å². The molecule has 2 unspecified atom stereocenters. The molecule has 4 rings (SSSR count). The van der Waals surface area contributed by atoms with Crippen LogP contribution in [0.15, 0.2) is 82.9 Å². The Bertz CT molecular complexity index is 1440. The SMILES string of the molecule is CCN(CC)C/C(Cl)=C/COC(=O)C(O)(c1ccccc1)C1CCCCC1.CCN(CC)C/C=C(\Cl)COC(=O)C(O)(c1ccccc1)C1CCCCC1. The fourth-order valence-corrected chi connectivity index (χ4v) is 7.88. The maximum atomic E-state index is 13.0. The molecule has 2 aliphatic rings. The third-order valence-corrected chi connectivity index (χ3v) is 11.6. The van der Waals surface area contributed by atoms with E-state index in [9.17, 15) is 19.8 Å². The van der Waals surface area contributed by atoms with Gasteiger partial charge in [-0.15, -0.1) is 0 Å². The summed E-state index contributed by atoms with van der Waals surface area (Å²) >= 11 is 12.5. The van der Waals surface area contributed by atoms with E-state index in [0.717, 1.165) is 96.9 Å². The smallest absolute Gasteiger partial charge is 0.343 e.